The number of carboxylic acid groups (broad SMARTS) is 2. The zero-order valence-electron chi connectivity index (χ0n) is 16.5. The van der Waals surface area contributed by atoms with Gasteiger partial charge in [-0.1, -0.05) is 0 Å². The molecule has 5 atom stereocenters. The van der Waals surface area contributed by atoms with Gasteiger partial charge in [-0.2, -0.15) is 24.4 Å². The van der Waals surface area contributed by atoms with E-state index >= 15 is 0 Å². The molecular formula is C16H28N4O8S2. The lowest BCUT2D eigenvalue weighted by Gasteiger charge is -2.26. The first-order valence-corrected chi connectivity index (χ1v) is 10.9. The minimum atomic E-state index is -1.58. The average molecular weight is 469 g/mol. The molecule has 0 aliphatic heterocycles. The first kappa shape index (κ1) is 28.0. The van der Waals surface area contributed by atoms with Gasteiger partial charge in [0.05, 0.1) is 18.6 Å². The van der Waals surface area contributed by atoms with E-state index in [2.05, 4.69) is 28.6 Å². The molecule has 0 bridgehead atoms. The van der Waals surface area contributed by atoms with Gasteiger partial charge in [0.2, 0.25) is 17.7 Å². The maximum absolute atomic E-state index is 12.5. The van der Waals surface area contributed by atoms with E-state index in [1.54, 1.807) is 6.26 Å². The summed E-state index contributed by atoms with van der Waals surface area (Å²) in [5.41, 5.74) is 5.49. The number of carbonyl (C=O) groups excluding carboxylic acids is 3. The summed E-state index contributed by atoms with van der Waals surface area (Å²) in [7, 11) is 0. The van der Waals surface area contributed by atoms with Gasteiger partial charge in [0.1, 0.15) is 18.1 Å². The highest BCUT2D eigenvalue weighted by Gasteiger charge is 2.33. The van der Waals surface area contributed by atoms with Gasteiger partial charge in [-0.3, -0.25) is 19.2 Å². The van der Waals surface area contributed by atoms with Crippen LogP contribution in [0.25, 0.3) is 0 Å². The highest BCUT2D eigenvalue weighted by Crippen LogP contribution is 2.04. The Morgan fingerprint density at radius 1 is 1.00 bits per heavy atom. The number of thiol groups is 1. The summed E-state index contributed by atoms with van der Waals surface area (Å²) in [5, 5.41) is 34.6. The number of aliphatic hydroxyl groups is 1. The van der Waals surface area contributed by atoms with E-state index in [1.165, 1.54) is 18.7 Å². The van der Waals surface area contributed by atoms with Crippen molar-refractivity contribution < 1.29 is 39.3 Å². The molecule has 0 saturated carbocycles. The Morgan fingerprint density at radius 3 is 2.00 bits per heavy atom. The number of nitrogens with two attached hydrogens (primary N) is 1. The lowest BCUT2D eigenvalue weighted by atomic mass is 10.1. The Balaban J connectivity index is 5.35. The fourth-order valence-electron chi connectivity index (χ4n) is 2.16. The average Bonchev–Trinajstić information content (AvgIpc) is 2.66. The van der Waals surface area contributed by atoms with Crippen molar-refractivity contribution in [2.24, 2.45) is 5.73 Å². The zero-order valence-corrected chi connectivity index (χ0v) is 18.2. The van der Waals surface area contributed by atoms with Crippen LogP contribution in [0, 0.1) is 0 Å². The predicted molar refractivity (Wildman–Crippen MR) is 112 cm³/mol. The summed E-state index contributed by atoms with van der Waals surface area (Å²) < 4.78 is 0. The van der Waals surface area contributed by atoms with E-state index in [9.17, 15) is 34.2 Å². The van der Waals surface area contributed by atoms with E-state index in [4.69, 9.17) is 10.8 Å². The van der Waals surface area contributed by atoms with Crippen LogP contribution in [0.2, 0.25) is 0 Å². The topological polar surface area (TPSA) is 208 Å². The molecule has 8 N–H and O–H groups in total. The van der Waals surface area contributed by atoms with Crippen molar-refractivity contribution in [3.63, 3.8) is 0 Å². The third kappa shape index (κ3) is 10.1. The summed E-state index contributed by atoms with van der Waals surface area (Å²) in [6.07, 6.45) is -0.376. The standard InChI is InChI=1S/C16H28N4O8S2/c1-7(21)12(15(26)18-9(16(27)28)3-4-30-2)20-14(25)10(5-11(22)23)19-13(24)8(17)6-29/h7-10,12,21,29H,3-6,17H2,1-2H3,(H,18,26)(H,19,24)(H,20,25)(H,22,23)(H,27,28). The van der Waals surface area contributed by atoms with Crippen molar-refractivity contribution in [3.05, 3.63) is 0 Å². The molecule has 0 aromatic carbocycles. The van der Waals surface area contributed by atoms with Crippen molar-refractivity contribution in [2.75, 3.05) is 17.8 Å². The molecule has 0 fully saturated rings. The second-order valence-corrected chi connectivity index (χ2v) is 7.71. The number of carbonyl (C=O) groups is 5. The highest BCUT2D eigenvalue weighted by molar-refractivity contribution is 7.98. The largest absolute Gasteiger partial charge is 0.481 e. The van der Waals surface area contributed by atoms with Crippen LogP contribution in [0.4, 0.5) is 0 Å². The van der Waals surface area contributed by atoms with Gasteiger partial charge in [-0.05, 0) is 25.4 Å². The van der Waals surface area contributed by atoms with Gasteiger partial charge >= 0.3 is 11.9 Å². The van der Waals surface area contributed by atoms with Gasteiger partial charge in [0, 0.05) is 5.75 Å². The van der Waals surface area contributed by atoms with Crippen molar-refractivity contribution >= 4 is 54.1 Å². The molecule has 3 amide bonds. The van der Waals surface area contributed by atoms with Crippen molar-refractivity contribution in [1.82, 2.24) is 16.0 Å². The van der Waals surface area contributed by atoms with Crippen LogP contribution in [0.1, 0.15) is 19.8 Å². The Kier molecular flexibility index (Phi) is 13.1. The number of nitrogens with one attached hydrogen (secondary N) is 3. The van der Waals surface area contributed by atoms with Crippen LogP contribution in [0.5, 0.6) is 0 Å². The number of rotatable bonds is 14. The van der Waals surface area contributed by atoms with Crippen LogP contribution in [0.15, 0.2) is 0 Å². The van der Waals surface area contributed by atoms with Crippen LogP contribution in [-0.2, 0) is 24.0 Å². The first-order chi connectivity index (χ1) is 13.9. The Bertz CT molecular complexity index is 634. The summed E-state index contributed by atoms with van der Waals surface area (Å²) >= 11 is 5.22. The molecule has 0 rings (SSSR count). The molecule has 0 spiro atoms. The minimum Gasteiger partial charge on any atom is -0.481 e. The smallest absolute Gasteiger partial charge is 0.326 e. The third-order valence-electron chi connectivity index (χ3n) is 3.83. The highest BCUT2D eigenvalue weighted by atomic mass is 32.2. The van der Waals surface area contributed by atoms with Crippen molar-refractivity contribution in [3.8, 4) is 0 Å². The SMILES string of the molecule is CSCCC(NC(=O)C(NC(=O)C(CC(=O)O)NC(=O)C(N)CS)C(C)O)C(=O)O. The number of carboxylic acids is 2. The maximum atomic E-state index is 12.5. The molecule has 12 nitrogen and oxygen atoms in total. The molecule has 0 aliphatic carbocycles. The molecule has 0 aliphatic rings. The molecule has 0 aromatic heterocycles. The van der Waals surface area contributed by atoms with Gasteiger partial charge in [0.25, 0.3) is 0 Å². The second kappa shape index (κ2) is 14.1. The van der Waals surface area contributed by atoms with Crippen LogP contribution in [0.3, 0.4) is 0 Å². The summed E-state index contributed by atoms with van der Waals surface area (Å²) in [6.45, 7) is 1.18. The van der Waals surface area contributed by atoms with Gasteiger partial charge in [-0.25, -0.2) is 4.79 Å². The molecular weight excluding hydrogens is 440 g/mol. The van der Waals surface area contributed by atoms with Crippen LogP contribution in [-0.4, -0.2) is 93.0 Å². The number of hydrogen-bond acceptors (Lipinski definition) is 9. The van der Waals surface area contributed by atoms with Gasteiger partial charge < -0.3 is 37.0 Å². The summed E-state index contributed by atoms with van der Waals surface area (Å²) in [5.74, 6) is -5.17. The summed E-state index contributed by atoms with van der Waals surface area (Å²) in [6, 6.07) is -5.51. The van der Waals surface area contributed by atoms with E-state index in [1.807, 2.05) is 0 Å². The van der Waals surface area contributed by atoms with E-state index in [0.717, 1.165) is 0 Å². The quantitative estimate of drug-likeness (QED) is 0.125. The van der Waals surface area contributed by atoms with Crippen LogP contribution < -0.4 is 21.7 Å². The molecule has 14 heteroatoms. The second-order valence-electron chi connectivity index (χ2n) is 6.36. The molecule has 30 heavy (non-hydrogen) atoms. The zero-order chi connectivity index (χ0) is 23.4. The van der Waals surface area contributed by atoms with E-state index in [-0.39, 0.29) is 12.2 Å². The number of hydrogen-bond donors (Lipinski definition) is 8. The maximum Gasteiger partial charge on any atom is 0.326 e. The fourth-order valence-corrected chi connectivity index (χ4v) is 2.80. The van der Waals surface area contributed by atoms with Crippen molar-refractivity contribution in [1.29, 1.82) is 0 Å². The number of thioether (sulfide) groups is 1. The predicted octanol–water partition coefficient (Wildman–Crippen LogP) is -2.61. The lowest BCUT2D eigenvalue weighted by Crippen LogP contribution is -2.60. The van der Waals surface area contributed by atoms with Gasteiger partial charge in [0.15, 0.2) is 0 Å². The molecule has 0 heterocycles. The first-order valence-electron chi connectivity index (χ1n) is 8.83. The van der Waals surface area contributed by atoms with Gasteiger partial charge in [-0.15, -0.1) is 0 Å². The number of aliphatic hydroxyl groups excluding tert-OH is 1. The van der Waals surface area contributed by atoms with Crippen molar-refractivity contribution in [2.45, 2.75) is 50.0 Å². The monoisotopic (exact) mass is 468 g/mol. The Hall–Kier alpha value is -2.03. The lowest BCUT2D eigenvalue weighted by molar-refractivity contribution is -0.144. The normalized spacial score (nSPS) is 15.8. The fraction of sp³-hybridized carbons (Fsp3) is 0.688. The number of amides is 3. The minimum absolute atomic E-state index is 0.0570. The molecule has 5 unspecified atom stereocenters. The Morgan fingerprint density at radius 2 is 1.57 bits per heavy atom. The number of aliphatic carboxylic acids is 2. The summed E-state index contributed by atoms with van der Waals surface area (Å²) in [4.78, 5) is 59.1. The van der Waals surface area contributed by atoms with Crippen LogP contribution >= 0.6 is 24.4 Å². The molecule has 172 valence electrons. The molecule has 0 aromatic rings. The Labute approximate surface area is 183 Å². The third-order valence-corrected chi connectivity index (χ3v) is 4.87. The van der Waals surface area contributed by atoms with E-state index < -0.39 is 66.4 Å². The molecule has 0 saturated heterocycles. The van der Waals surface area contributed by atoms with E-state index in [0.29, 0.717) is 5.75 Å². The molecule has 0 radical (unpaired) electrons.